The second-order valence-electron chi connectivity index (χ2n) is 5.80. The number of halogens is 2. The largest absolute Gasteiger partial charge is 0.375 e. The Morgan fingerprint density at radius 1 is 1.43 bits per heavy atom. The van der Waals surface area contributed by atoms with Crippen molar-refractivity contribution in [3.63, 3.8) is 0 Å². The average molecular weight is 303 g/mol. The van der Waals surface area contributed by atoms with Gasteiger partial charge in [0.05, 0.1) is 6.61 Å². The number of hydrogen-bond donors (Lipinski definition) is 2. The summed E-state index contributed by atoms with van der Waals surface area (Å²) in [4.78, 5) is 6.51. The Labute approximate surface area is 123 Å². The molecular weight excluding hydrogens is 280 g/mol. The maximum Gasteiger partial charge on any atom is 0.261 e. The van der Waals surface area contributed by atoms with Crippen molar-refractivity contribution in [2.75, 3.05) is 37.7 Å². The van der Waals surface area contributed by atoms with E-state index in [0.29, 0.717) is 24.7 Å². The van der Waals surface area contributed by atoms with Gasteiger partial charge in [-0.3, -0.25) is 5.10 Å². The molecule has 0 unspecified atom stereocenters. The summed E-state index contributed by atoms with van der Waals surface area (Å²) in [7, 11) is 0. The van der Waals surface area contributed by atoms with E-state index in [2.05, 4.69) is 27.0 Å². The molecule has 0 aliphatic carbocycles. The van der Waals surface area contributed by atoms with Crippen molar-refractivity contribution in [1.82, 2.24) is 15.2 Å². The van der Waals surface area contributed by atoms with E-state index in [1.807, 2.05) is 0 Å². The Hall–Kier alpha value is -1.28. The highest BCUT2D eigenvalue weighted by molar-refractivity contribution is 5.29. The summed E-state index contributed by atoms with van der Waals surface area (Å²) in [6.07, 6.45) is 0.0598. The van der Waals surface area contributed by atoms with E-state index in [0.717, 1.165) is 25.9 Å². The third kappa shape index (κ3) is 4.60. The summed E-state index contributed by atoms with van der Waals surface area (Å²) in [6.45, 7) is 4.34. The summed E-state index contributed by atoms with van der Waals surface area (Å²) in [5.41, 5.74) is 6.00. The van der Waals surface area contributed by atoms with Crippen LogP contribution in [-0.2, 0) is 11.2 Å². The Bertz CT molecular complexity index is 432. The van der Waals surface area contributed by atoms with Gasteiger partial charge in [-0.25, -0.2) is 8.78 Å². The molecule has 0 radical (unpaired) electrons. The zero-order chi connectivity index (χ0) is 15.3. The molecule has 2 rings (SSSR count). The molecule has 8 heteroatoms. The maximum absolute atomic E-state index is 11.9. The summed E-state index contributed by atoms with van der Waals surface area (Å²) >= 11 is 0. The number of nitrogens with one attached hydrogen (secondary N) is 1. The fourth-order valence-electron chi connectivity index (χ4n) is 2.33. The number of hydrogen-bond acceptors (Lipinski definition) is 5. The standard InChI is InChI=1S/C13H23F2N5O/c1-13(9-16)3-5-20(6-4-13)12-17-11(18-19-12)2-7-21-8-10(14)15/h10H,2-9,16H2,1H3,(H,17,18,19). The van der Waals surface area contributed by atoms with Crippen LogP contribution in [-0.4, -0.2) is 54.5 Å². The number of rotatable bonds is 7. The molecule has 0 atom stereocenters. The van der Waals surface area contributed by atoms with Crippen LogP contribution in [0.2, 0.25) is 0 Å². The molecule has 6 nitrogen and oxygen atoms in total. The molecule has 1 aliphatic rings. The van der Waals surface area contributed by atoms with E-state index in [-0.39, 0.29) is 12.0 Å². The maximum atomic E-state index is 11.9. The van der Waals surface area contributed by atoms with Crippen LogP contribution >= 0.6 is 0 Å². The van der Waals surface area contributed by atoms with Gasteiger partial charge in [-0.15, -0.1) is 5.10 Å². The molecule has 1 fully saturated rings. The molecular formula is C13H23F2N5O. The summed E-state index contributed by atoms with van der Waals surface area (Å²) < 4.78 is 28.7. The summed E-state index contributed by atoms with van der Waals surface area (Å²) in [6, 6.07) is 0. The van der Waals surface area contributed by atoms with Gasteiger partial charge in [0.2, 0.25) is 5.95 Å². The van der Waals surface area contributed by atoms with Gasteiger partial charge in [0.25, 0.3) is 6.43 Å². The predicted molar refractivity (Wildman–Crippen MR) is 75.5 cm³/mol. The van der Waals surface area contributed by atoms with Crippen LogP contribution in [0.1, 0.15) is 25.6 Å². The zero-order valence-electron chi connectivity index (χ0n) is 12.3. The number of piperidine rings is 1. The van der Waals surface area contributed by atoms with Crippen molar-refractivity contribution < 1.29 is 13.5 Å². The van der Waals surface area contributed by atoms with Gasteiger partial charge in [0, 0.05) is 19.5 Å². The number of anilines is 1. The third-order valence-corrected chi connectivity index (χ3v) is 3.99. The van der Waals surface area contributed by atoms with E-state index in [9.17, 15) is 8.78 Å². The minimum Gasteiger partial charge on any atom is -0.375 e. The van der Waals surface area contributed by atoms with Gasteiger partial charge in [0.15, 0.2) is 0 Å². The lowest BCUT2D eigenvalue weighted by Gasteiger charge is -2.38. The summed E-state index contributed by atoms with van der Waals surface area (Å²) in [5, 5.41) is 7.01. The van der Waals surface area contributed by atoms with E-state index in [1.54, 1.807) is 0 Å². The molecule has 120 valence electrons. The summed E-state index contributed by atoms with van der Waals surface area (Å²) in [5.74, 6) is 1.32. The topological polar surface area (TPSA) is 80.1 Å². The fraction of sp³-hybridized carbons (Fsp3) is 0.846. The molecule has 0 amide bonds. The van der Waals surface area contributed by atoms with Crippen LogP contribution in [0.25, 0.3) is 0 Å². The van der Waals surface area contributed by atoms with Crippen molar-refractivity contribution >= 4 is 5.95 Å². The van der Waals surface area contributed by atoms with E-state index >= 15 is 0 Å². The average Bonchev–Trinajstić information content (AvgIpc) is 2.93. The number of nitrogens with zero attached hydrogens (tertiary/aromatic N) is 3. The Morgan fingerprint density at radius 2 is 2.14 bits per heavy atom. The quantitative estimate of drug-likeness (QED) is 0.740. The van der Waals surface area contributed by atoms with Gasteiger partial charge in [-0.2, -0.15) is 4.98 Å². The van der Waals surface area contributed by atoms with Crippen molar-refractivity contribution in [2.24, 2.45) is 11.1 Å². The molecule has 0 saturated carbocycles. The Balaban J connectivity index is 1.78. The second kappa shape index (κ2) is 7.13. The minimum absolute atomic E-state index is 0.207. The van der Waals surface area contributed by atoms with Gasteiger partial charge in [-0.05, 0) is 24.8 Å². The van der Waals surface area contributed by atoms with Crippen molar-refractivity contribution in [1.29, 1.82) is 0 Å². The number of aromatic amines is 1. The lowest BCUT2D eigenvalue weighted by molar-refractivity contribution is 0.0183. The van der Waals surface area contributed by atoms with Crippen molar-refractivity contribution in [3.05, 3.63) is 5.82 Å². The number of alkyl halides is 2. The minimum atomic E-state index is -2.43. The molecule has 2 heterocycles. The number of nitrogens with two attached hydrogens (primary N) is 1. The van der Waals surface area contributed by atoms with Gasteiger partial charge < -0.3 is 15.4 Å². The first-order valence-corrected chi connectivity index (χ1v) is 7.24. The van der Waals surface area contributed by atoms with Crippen LogP contribution in [0.5, 0.6) is 0 Å². The number of aromatic nitrogens is 3. The Kier molecular flexibility index (Phi) is 5.46. The van der Waals surface area contributed by atoms with E-state index in [4.69, 9.17) is 10.5 Å². The van der Waals surface area contributed by atoms with Crippen LogP contribution in [0, 0.1) is 5.41 Å². The third-order valence-electron chi connectivity index (χ3n) is 3.99. The van der Waals surface area contributed by atoms with Crippen LogP contribution in [0.3, 0.4) is 0 Å². The molecule has 1 aromatic rings. The lowest BCUT2D eigenvalue weighted by atomic mass is 9.81. The highest BCUT2D eigenvalue weighted by atomic mass is 19.3. The van der Waals surface area contributed by atoms with Crippen LogP contribution < -0.4 is 10.6 Å². The van der Waals surface area contributed by atoms with E-state index < -0.39 is 13.0 Å². The van der Waals surface area contributed by atoms with Crippen molar-refractivity contribution in [3.8, 4) is 0 Å². The monoisotopic (exact) mass is 303 g/mol. The second-order valence-corrected chi connectivity index (χ2v) is 5.80. The molecule has 0 bridgehead atoms. The molecule has 1 aromatic heterocycles. The molecule has 0 aromatic carbocycles. The molecule has 3 N–H and O–H groups in total. The zero-order valence-corrected chi connectivity index (χ0v) is 12.3. The highest BCUT2D eigenvalue weighted by Crippen LogP contribution is 2.30. The molecule has 1 aliphatic heterocycles. The number of H-pyrrole nitrogens is 1. The first-order valence-electron chi connectivity index (χ1n) is 7.24. The van der Waals surface area contributed by atoms with Crippen LogP contribution in [0.4, 0.5) is 14.7 Å². The van der Waals surface area contributed by atoms with Gasteiger partial charge in [-0.1, -0.05) is 6.92 Å². The van der Waals surface area contributed by atoms with Crippen LogP contribution in [0.15, 0.2) is 0 Å². The number of ether oxygens (including phenoxy) is 1. The van der Waals surface area contributed by atoms with Crippen molar-refractivity contribution in [2.45, 2.75) is 32.6 Å². The molecule has 1 saturated heterocycles. The first kappa shape index (κ1) is 16.1. The lowest BCUT2D eigenvalue weighted by Crippen LogP contribution is -2.42. The molecule has 21 heavy (non-hydrogen) atoms. The van der Waals surface area contributed by atoms with Gasteiger partial charge in [0.1, 0.15) is 12.4 Å². The molecule has 0 spiro atoms. The van der Waals surface area contributed by atoms with Gasteiger partial charge >= 0.3 is 0 Å². The fourth-order valence-corrected chi connectivity index (χ4v) is 2.33. The van der Waals surface area contributed by atoms with E-state index in [1.165, 1.54) is 0 Å². The first-order chi connectivity index (χ1) is 10.0. The predicted octanol–water partition coefficient (Wildman–Crippen LogP) is 1.19. The SMILES string of the molecule is CC1(CN)CCN(c2n[nH]c(CCOCC(F)F)n2)CC1. The normalized spacial score (nSPS) is 18.4. The highest BCUT2D eigenvalue weighted by Gasteiger charge is 2.29. The Morgan fingerprint density at radius 3 is 2.76 bits per heavy atom. The smallest absolute Gasteiger partial charge is 0.261 e.